The summed E-state index contributed by atoms with van der Waals surface area (Å²) in [4.78, 5) is 26.2. The van der Waals surface area contributed by atoms with Crippen LogP contribution < -0.4 is 14.8 Å². The van der Waals surface area contributed by atoms with Gasteiger partial charge in [0.2, 0.25) is 5.91 Å². The van der Waals surface area contributed by atoms with Gasteiger partial charge in [-0.2, -0.15) is 0 Å². The first-order chi connectivity index (χ1) is 14.2. The maximum atomic E-state index is 12.4. The van der Waals surface area contributed by atoms with Crippen molar-refractivity contribution in [3.05, 3.63) is 53.1 Å². The van der Waals surface area contributed by atoms with Crippen LogP contribution in [0.25, 0.3) is 0 Å². The molecule has 0 atom stereocenters. The Kier molecular flexibility index (Phi) is 8.24. The monoisotopic (exact) mass is 414 g/mol. The number of carbonyl (C=O) groups excluding carboxylic acids is 2. The van der Waals surface area contributed by atoms with Crippen LogP contribution >= 0.6 is 0 Å². The predicted molar refractivity (Wildman–Crippen MR) is 116 cm³/mol. The molecule has 0 saturated heterocycles. The third-order valence-electron chi connectivity index (χ3n) is 4.44. The van der Waals surface area contributed by atoms with Crippen molar-refractivity contribution in [2.45, 2.75) is 33.4 Å². The van der Waals surface area contributed by atoms with E-state index in [1.807, 2.05) is 31.0 Å². The Labute approximate surface area is 177 Å². The van der Waals surface area contributed by atoms with Gasteiger partial charge in [-0.3, -0.25) is 9.69 Å². The van der Waals surface area contributed by atoms with Gasteiger partial charge in [-0.15, -0.1) is 0 Å². The Morgan fingerprint density at radius 2 is 1.63 bits per heavy atom. The molecule has 0 aliphatic heterocycles. The van der Waals surface area contributed by atoms with Gasteiger partial charge in [-0.05, 0) is 75.3 Å². The van der Waals surface area contributed by atoms with Gasteiger partial charge in [-0.1, -0.05) is 0 Å². The quantitative estimate of drug-likeness (QED) is 0.631. The molecule has 2 aromatic carbocycles. The zero-order valence-electron chi connectivity index (χ0n) is 18.4. The predicted octanol–water partition coefficient (Wildman–Crippen LogP) is 3.65. The van der Waals surface area contributed by atoms with Crippen molar-refractivity contribution >= 4 is 17.6 Å². The van der Waals surface area contributed by atoms with Crippen LogP contribution in [0.15, 0.2) is 36.4 Å². The van der Waals surface area contributed by atoms with Gasteiger partial charge in [0.1, 0.15) is 0 Å². The molecule has 2 rings (SSSR count). The normalized spacial score (nSPS) is 10.8. The molecule has 0 fully saturated rings. The number of nitrogens with one attached hydrogen (secondary N) is 1. The number of amides is 1. The summed E-state index contributed by atoms with van der Waals surface area (Å²) in [5.74, 6) is 0.813. The zero-order valence-corrected chi connectivity index (χ0v) is 18.4. The largest absolute Gasteiger partial charge is 0.493 e. The van der Waals surface area contributed by atoms with Crippen LogP contribution in [0.3, 0.4) is 0 Å². The van der Waals surface area contributed by atoms with Gasteiger partial charge < -0.3 is 19.5 Å². The number of hydrogen-bond acceptors (Lipinski definition) is 6. The summed E-state index contributed by atoms with van der Waals surface area (Å²) in [5.41, 5.74) is 3.18. The highest BCUT2D eigenvalue weighted by Gasteiger charge is 2.13. The van der Waals surface area contributed by atoms with E-state index in [0.29, 0.717) is 29.3 Å². The van der Waals surface area contributed by atoms with Crippen LogP contribution in [-0.2, 0) is 16.1 Å². The first-order valence-electron chi connectivity index (χ1n) is 9.74. The number of carbonyl (C=O) groups is 2. The van der Waals surface area contributed by atoms with E-state index in [4.69, 9.17) is 14.2 Å². The molecule has 2 aromatic rings. The Morgan fingerprint density at radius 1 is 1.03 bits per heavy atom. The molecule has 7 nitrogen and oxygen atoms in total. The molecule has 0 aromatic heterocycles. The van der Waals surface area contributed by atoms with Gasteiger partial charge in [0.15, 0.2) is 11.5 Å². The lowest BCUT2D eigenvalue weighted by Crippen LogP contribution is -2.30. The number of ether oxygens (including phenoxy) is 3. The van der Waals surface area contributed by atoms with Gasteiger partial charge >= 0.3 is 5.97 Å². The van der Waals surface area contributed by atoms with E-state index in [1.165, 1.54) is 0 Å². The minimum absolute atomic E-state index is 0.145. The smallest absolute Gasteiger partial charge is 0.338 e. The maximum Gasteiger partial charge on any atom is 0.338 e. The average Bonchev–Trinajstić information content (AvgIpc) is 2.68. The fourth-order valence-corrected chi connectivity index (χ4v) is 2.96. The van der Waals surface area contributed by atoms with Gasteiger partial charge in [0.05, 0.1) is 32.4 Å². The van der Waals surface area contributed by atoms with Crippen molar-refractivity contribution in [2.24, 2.45) is 0 Å². The van der Waals surface area contributed by atoms with Gasteiger partial charge in [0, 0.05) is 12.2 Å². The number of esters is 1. The van der Waals surface area contributed by atoms with Crippen molar-refractivity contribution in [2.75, 3.05) is 33.1 Å². The molecule has 0 aliphatic carbocycles. The third-order valence-corrected chi connectivity index (χ3v) is 4.44. The second kappa shape index (κ2) is 10.6. The number of methoxy groups -OCH3 is 2. The minimum atomic E-state index is -0.382. The van der Waals surface area contributed by atoms with E-state index in [-0.39, 0.29) is 24.5 Å². The SMILES string of the molecule is COc1cc(C)c(CN(C)CC(=O)Nc2ccc(C(=O)OC(C)C)cc2)cc1OC. The Balaban J connectivity index is 1.94. The summed E-state index contributed by atoms with van der Waals surface area (Å²) in [7, 11) is 5.08. The molecule has 30 heavy (non-hydrogen) atoms. The fourth-order valence-electron chi connectivity index (χ4n) is 2.96. The standard InChI is InChI=1S/C23H30N2O5/c1-15(2)30-23(27)17-7-9-19(10-8-17)24-22(26)14-25(4)13-18-12-21(29-6)20(28-5)11-16(18)3/h7-12,15H,13-14H2,1-6H3,(H,24,26). The summed E-state index contributed by atoms with van der Waals surface area (Å²) in [6, 6.07) is 10.5. The second-order valence-corrected chi connectivity index (χ2v) is 7.39. The number of benzene rings is 2. The number of aryl methyl sites for hydroxylation is 1. The fraction of sp³-hybridized carbons (Fsp3) is 0.391. The van der Waals surface area contributed by atoms with E-state index < -0.39 is 0 Å². The summed E-state index contributed by atoms with van der Waals surface area (Å²) in [6.07, 6.45) is -0.179. The molecule has 0 bridgehead atoms. The highest BCUT2D eigenvalue weighted by Crippen LogP contribution is 2.30. The summed E-state index contributed by atoms with van der Waals surface area (Å²) >= 11 is 0. The zero-order chi connectivity index (χ0) is 22.3. The van der Waals surface area contributed by atoms with Crippen molar-refractivity contribution in [3.63, 3.8) is 0 Å². The number of likely N-dealkylation sites (N-methyl/N-ethyl adjacent to an activating group) is 1. The second-order valence-electron chi connectivity index (χ2n) is 7.39. The van der Waals surface area contributed by atoms with Crippen LogP contribution in [0.1, 0.15) is 35.3 Å². The molecule has 0 unspecified atom stereocenters. The lowest BCUT2D eigenvalue weighted by molar-refractivity contribution is -0.117. The average molecular weight is 415 g/mol. The van der Waals surface area contributed by atoms with E-state index in [9.17, 15) is 9.59 Å². The Hall–Kier alpha value is -3.06. The van der Waals surface area contributed by atoms with E-state index in [1.54, 1.807) is 52.3 Å². The molecule has 1 N–H and O–H groups in total. The maximum absolute atomic E-state index is 12.4. The van der Waals surface area contributed by atoms with E-state index in [2.05, 4.69) is 5.32 Å². The first kappa shape index (κ1) is 23.2. The molecule has 0 saturated carbocycles. The topological polar surface area (TPSA) is 77.1 Å². The summed E-state index contributed by atoms with van der Waals surface area (Å²) in [6.45, 7) is 6.39. The van der Waals surface area contributed by atoms with Crippen LogP contribution in [0.2, 0.25) is 0 Å². The number of hydrogen-bond donors (Lipinski definition) is 1. The Morgan fingerprint density at radius 3 is 2.20 bits per heavy atom. The first-order valence-corrected chi connectivity index (χ1v) is 9.74. The highest BCUT2D eigenvalue weighted by atomic mass is 16.5. The summed E-state index contributed by atoms with van der Waals surface area (Å²) < 4.78 is 15.8. The Bertz CT molecular complexity index is 878. The van der Waals surface area contributed by atoms with Crippen molar-refractivity contribution in [3.8, 4) is 11.5 Å². The van der Waals surface area contributed by atoms with Crippen LogP contribution in [0.4, 0.5) is 5.69 Å². The third kappa shape index (κ3) is 6.49. The van der Waals surface area contributed by atoms with Gasteiger partial charge in [0.25, 0.3) is 0 Å². The van der Waals surface area contributed by atoms with Crippen molar-refractivity contribution < 1.29 is 23.8 Å². The molecular formula is C23H30N2O5. The van der Waals surface area contributed by atoms with E-state index in [0.717, 1.165) is 11.1 Å². The lowest BCUT2D eigenvalue weighted by atomic mass is 10.1. The minimum Gasteiger partial charge on any atom is -0.493 e. The summed E-state index contributed by atoms with van der Waals surface area (Å²) in [5, 5.41) is 2.84. The number of rotatable bonds is 9. The molecular weight excluding hydrogens is 384 g/mol. The number of nitrogens with zero attached hydrogens (tertiary/aromatic N) is 1. The van der Waals surface area contributed by atoms with Crippen molar-refractivity contribution in [1.82, 2.24) is 4.90 Å². The van der Waals surface area contributed by atoms with Crippen molar-refractivity contribution in [1.29, 1.82) is 0 Å². The van der Waals surface area contributed by atoms with Crippen LogP contribution in [0, 0.1) is 6.92 Å². The van der Waals surface area contributed by atoms with Crippen LogP contribution in [0.5, 0.6) is 11.5 Å². The highest BCUT2D eigenvalue weighted by molar-refractivity contribution is 5.94. The molecule has 0 radical (unpaired) electrons. The molecule has 1 amide bonds. The van der Waals surface area contributed by atoms with Crippen LogP contribution in [-0.4, -0.2) is 50.7 Å². The number of anilines is 1. The molecule has 0 heterocycles. The molecule has 7 heteroatoms. The lowest BCUT2D eigenvalue weighted by Gasteiger charge is -2.19. The molecule has 162 valence electrons. The molecule has 0 spiro atoms. The molecule has 0 aliphatic rings. The van der Waals surface area contributed by atoms with Gasteiger partial charge in [-0.25, -0.2) is 4.79 Å². The van der Waals surface area contributed by atoms with E-state index >= 15 is 0 Å².